The molecule has 1 aliphatic carbocycles. The number of anilines is 1. The number of hydrogen-bond acceptors (Lipinski definition) is 5. The molecular formula is C9H11N5O. The van der Waals surface area contributed by atoms with Gasteiger partial charge in [-0.25, -0.2) is 0 Å². The zero-order chi connectivity index (χ0) is 10.3. The van der Waals surface area contributed by atoms with Crippen molar-refractivity contribution in [3.05, 3.63) is 12.0 Å². The van der Waals surface area contributed by atoms with Crippen molar-refractivity contribution in [2.24, 2.45) is 0 Å². The molecule has 15 heavy (non-hydrogen) atoms. The highest BCUT2D eigenvalue weighted by Crippen LogP contribution is 2.35. The Labute approximate surface area is 85.9 Å². The monoisotopic (exact) mass is 205 g/mol. The number of H-pyrrole nitrogens is 1. The standard InChI is InChI=1S/C9H11N5O/c10-7-6(4-11-13-7)9-12-8(14-15-9)5-2-1-3-5/h4-5H,1-3H2,(H3,10,11,13). The Morgan fingerprint density at radius 1 is 1.47 bits per heavy atom. The molecule has 78 valence electrons. The number of nitrogen functional groups attached to an aromatic ring is 1. The van der Waals surface area contributed by atoms with Crippen LogP contribution in [0.2, 0.25) is 0 Å². The molecule has 0 radical (unpaired) electrons. The number of aromatic amines is 1. The summed E-state index contributed by atoms with van der Waals surface area (Å²) in [7, 11) is 0. The third kappa shape index (κ3) is 1.29. The van der Waals surface area contributed by atoms with Crippen LogP contribution < -0.4 is 5.73 Å². The van der Waals surface area contributed by atoms with E-state index in [0.29, 0.717) is 23.2 Å². The summed E-state index contributed by atoms with van der Waals surface area (Å²) in [6, 6.07) is 0. The van der Waals surface area contributed by atoms with Crippen LogP contribution in [0.5, 0.6) is 0 Å². The van der Waals surface area contributed by atoms with Gasteiger partial charge >= 0.3 is 0 Å². The number of rotatable bonds is 2. The van der Waals surface area contributed by atoms with E-state index in [-0.39, 0.29) is 0 Å². The first-order valence-electron chi connectivity index (χ1n) is 4.97. The molecule has 0 unspecified atom stereocenters. The molecule has 0 spiro atoms. The molecule has 1 fully saturated rings. The van der Waals surface area contributed by atoms with Crippen LogP contribution in [0.4, 0.5) is 5.82 Å². The topological polar surface area (TPSA) is 93.6 Å². The van der Waals surface area contributed by atoms with E-state index in [0.717, 1.165) is 18.7 Å². The quantitative estimate of drug-likeness (QED) is 0.770. The van der Waals surface area contributed by atoms with Crippen molar-refractivity contribution in [1.29, 1.82) is 0 Å². The lowest BCUT2D eigenvalue weighted by Crippen LogP contribution is -2.10. The summed E-state index contributed by atoms with van der Waals surface area (Å²) in [5.41, 5.74) is 6.33. The number of aromatic nitrogens is 4. The van der Waals surface area contributed by atoms with E-state index in [1.165, 1.54) is 6.42 Å². The van der Waals surface area contributed by atoms with E-state index in [2.05, 4.69) is 20.3 Å². The Kier molecular flexibility index (Phi) is 1.74. The van der Waals surface area contributed by atoms with E-state index >= 15 is 0 Å². The summed E-state index contributed by atoms with van der Waals surface area (Å²) in [4.78, 5) is 4.32. The Hall–Kier alpha value is -1.85. The minimum Gasteiger partial charge on any atom is -0.383 e. The molecule has 3 rings (SSSR count). The van der Waals surface area contributed by atoms with Crippen molar-refractivity contribution in [2.45, 2.75) is 25.2 Å². The summed E-state index contributed by atoms with van der Waals surface area (Å²) in [6.07, 6.45) is 5.15. The fraction of sp³-hybridized carbons (Fsp3) is 0.444. The van der Waals surface area contributed by atoms with Gasteiger partial charge in [0.05, 0.1) is 6.20 Å². The first kappa shape index (κ1) is 8.46. The summed E-state index contributed by atoms with van der Waals surface area (Å²) in [5, 5.41) is 10.4. The molecule has 6 heteroatoms. The third-order valence-electron chi connectivity index (χ3n) is 2.81. The van der Waals surface area contributed by atoms with E-state index < -0.39 is 0 Å². The van der Waals surface area contributed by atoms with Crippen LogP contribution in [0.3, 0.4) is 0 Å². The van der Waals surface area contributed by atoms with Crippen LogP contribution in [0.25, 0.3) is 11.5 Å². The molecule has 1 aliphatic rings. The van der Waals surface area contributed by atoms with Gasteiger partial charge in [-0.15, -0.1) is 0 Å². The van der Waals surface area contributed by atoms with Crippen LogP contribution in [-0.2, 0) is 0 Å². The zero-order valence-corrected chi connectivity index (χ0v) is 8.10. The molecule has 6 nitrogen and oxygen atoms in total. The normalized spacial score (nSPS) is 16.5. The van der Waals surface area contributed by atoms with Gasteiger partial charge < -0.3 is 10.3 Å². The zero-order valence-electron chi connectivity index (χ0n) is 8.10. The van der Waals surface area contributed by atoms with Crippen LogP contribution in [0, 0.1) is 0 Å². The predicted octanol–water partition coefficient (Wildman–Crippen LogP) is 1.31. The van der Waals surface area contributed by atoms with Gasteiger partial charge in [-0.3, -0.25) is 5.10 Å². The Morgan fingerprint density at radius 3 is 2.93 bits per heavy atom. The van der Waals surface area contributed by atoms with Crippen LogP contribution in [0.15, 0.2) is 10.7 Å². The molecule has 2 heterocycles. The number of nitrogens with zero attached hydrogens (tertiary/aromatic N) is 3. The maximum Gasteiger partial charge on any atom is 0.263 e. The average Bonchev–Trinajstić information content (AvgIpc) is 2.70. The smallest absolute Gasteiger partial charge is 0.263 e. The molecule has 2 aromatic rings. The Morgan fingerprint density at radius 2 is 2.33 bits per heavy atom. The van der Waals surface area contributed by atoms with E-state index in [9.17, 15) is 0 Å². The molecule has 3 N–H and O–H groups in total. The van der Waals surface area contributed by atoms with Crippen LogP contribution in [0.1, 0.15) is 31.0 Å². The first-order valence-corrected chi connectivity index (χ1v) is 4.97. The minimum atomic E-state index is 0.447. The van der Waals surface area contributed by atoms with Crippen molar-refractivity contribution in [2.75, 3.05) is 5.73 Å². The van der Waals surface area contributed by atoms with Gasteiger partial charge in [0.2, 0.25) is 0 Å². The second kappa shape index (κ2) is 3.08. The van der Waals surface area contributed by atoms with Gasteiger partial charge in [0, 0.05) is 5.92 Å². The molecule has 1 saturated carbocycles. The van der Waals surface area contributed by atoms with Gasteiger partial charge in [-0.1, -0.05) is 11.6 Å². The van der Waals surface area contributed by atoms with Gasteiger partial charge in [-0.05, 0) is 12.8 Å². The Bertz CT molecular complexity index is 470. The highest BCUT2D eigenvalue weighted by Gasteiger charge is 2.25. The fourth-order valence-electron chi connectivity index (χ4n) is 1.64. The van der Waals surface area contributed by atoms with Crippen molar-refractivity contribution in [3.8, 4) is 11.5 Å². The van der Waals surface area contributed by atoms with E-state index in [4.69, 9.17) is 10.3 Å². The summed E-state index contributed by atoms with van der Waals surface area (Å²) >= 11 is 0. The van der Waals surface area contributed by atoms with Crippen LogP contribution >= 0.6 is 0 Å². The largest absolute Gasteiger partial charge is 0.383 e. The summed E-state index contributed by atoms with van der Waals surface area (Å²) < 4.78 is 5.15. The number of nitrogens with one attached hydrogen (secondary N) is 1. The number of hydrogen-bond donors (Lipinski definition) is 2. The van der Waals surface area contributed by atoms with Crippen LogP contribution in [-0.4, -0.2) is 20.3 Å². The van der Waals surface area contributed by atoms with Gasteiger partial charge in [-0.2, -0.15) is 10.1 Å². The van der Waals surface area contributed by atoms with Crippen molar-refractivity contribution in [3.63, 3.8) is 0 Å². The fourth-order valence-corrected chi connectivity index (χ4v) is 1.64. The molecule has 2 aromatic heterocycles. The molecular weight excluding hydrogens is 194 g/mol. The van der Waals surface area contributed by atoms with Crippen molar-refractivity contribution in [1.82, 2.24) is 20.3 Å². The molecule has 0 aliphatic heterocycles. The van der Waals surface area contributed by atoms with E-state index in [1.54, 1.807) is 6.20 Å². The maximum absolute atomic E-state index is 5.66. The Balaban J connectivity index is 1.93. The summed E-state index contributed by atoms with van der Waals surface area (Å²) in [6.45, 7) is 0. The van der Waals surface area contributed by atoms with Crippen molar-refractivity contribution >= 4 is 5.82 Å². The lowest BCUT2D eigenvalue weighted by atomic mass is 9.85. The molecule has 0 saturated heterocycles. The highest BCUT2D eigenvalue weighted by atomic mass is 16.5. The molecule has 0 bridgehead atoms. The van der Waals surface area contributed by atoms with Gasteiger partial charge in [0.15, 0.2) is 5.82 Å². The minimum absolute atomic E-state index is 0.447. The van der Waals surface area contributed by atoms with Gasteiger partial charge in [0.25, 0.3) is 5.89 Å². The highest BCUT2D eigenvalue weighted by molar-refractivity contribution is 5.65. The summed E-state index contributed by atoms with van der Waals surface area (Å²) in [5.74, 6) is 2.16. The lowest BCUT2D eigenvalue weighted by Gasteiger charge is -2.20. The average molecular weight is 205 g/mol. The molecule has 0 atom stereocenters. The number of nitrogens with two attached hydrogens (primary N) is 1. The van der Waals surface area contributed by atoms with Crippen molar-refractivity contribution < 1.29 is 4.52 Å². The van der Waals surface area contributed by atoms with Gasteiger partial charge in [0.1, 0.15) is 11.4 Å². The first-order chi connectivity index (χ1) is 7.34. The molecule has 0 amide bonds. The molecule has 0 aromatic carbocycles. The van der Waals surface area contributed by atoms with E-state index in [1.807, 2.05) is 0 Å². The second-order valence-corrected chi connectivity index (χ2v) is 3.78. The SMILES string of the molecule is Nc1[nH]ncc1-c1nc(C2CCC2)no1. The predicted molar refractivity (Wildman–Crippen MR) is 52.9 cm³/mol. The maximum atomic E-state index is 5.66. The lowest BCUT2D eigenvalue weighted by molar-refractivity contribution is 0.366. The third-order valence-corrected chi connectivity index (χ3v) is 2.81. The second-order valence-electron chi connectivity index (χ2n) is 3.78.